The Morgan fingerprint density at radius 2 is 2.19 bits per heavy atom. The van der Waals surface area contributed by atoms with Crippen molar-refractivity contribution in [2.45, 2.75) is 6.92 Å². The molecule has 0 spiro atoms. The second-order valence-electron chi connectivity index (χ2n) is 3.57. The number of aryl methyl sites for hydroxylation is 2. The Labute approximate surface area is 101 Å². The first kappa shape index (κ1) is 11.1. The van der Waals surface area contributed by atoms with Crippen LogP contribution >= 0.6 is 15.9 Å². The molecule has 1 aromatic carbocycles. The van der Waals surface area contributed by atoms with Gasteiger partial charge in [0.15, 0.2) is 0 Å². The van der Waals surface area contributed by atoms with Gasteiger partial charge >= 0.3 is 0 Å². The minimum absolute atomic E-state index is 0.261. The molecule has 2 rings (SSSR count). The minimum atomic E-state index is -0.261. The molecule has 16 heavy (non-hydrogen) atoms. The van der Waals surface area contributed by atoms with E-state index in [1.165, 1.54) is 6.07 Å². The Hall–Kier alpha value is -1.36. The molecule has 0 aliphatic heterocycles. The summed E-state index contributed by atoms with van der Waals surface area (Å²) in [5.41, 5.74) is 1.67. The molecule has 0 atom stereocenters. The van der Waals surface area contributed by atoms with Crippen molar-refractivity contribution in [2.75, 3.05) is 5.32 Å². The van der Waals surface area contributed by atoms with Gasteiger partial charge in [-0.2, -0.15) is 0 Å². The quantitative estimate of drug-likeness (QED) is 0.916. The van der Waals surface area contributed by atoms with Crippen molar-refractivity contribution >= 4 is 27.6 Å². The maximum atomic E-state index is 13.2. The maximum absolute atomic E-state index is 13.2. The fourth-order valence-electron chi connectivity index (χ4n) is 1.39. The Kier molecular flexibility index (Phi) is 2.96. The Morgan fingerprint density at radius 3 is 2.81 bits per heavy atom. The van der Waals surface area contributed by atoms with Crippen molar-refractivity contribution in [1.82, 2.24) is 9.55 Å². The molecule has 0 radical (unpaired) electrons. The molecule has 0 aliphatic carbocycles. The number of rotatable bonds is 2. The largest absolute Gasteiger partial charge is 0.325 e. The van der Waals surface area contributed by atoms with Crippen molar-refractivity contribution < 1.29 is 4.39 Å². The molecule has 0 amide bonds. The van der Waals surface area contributed by atoms with E-state index in [-0.39, 0.29) is 5.82 Å². The third-order valence-electron chi connectivity index (χ3n) is 2.33. The summed E-state index contributed by atoms with van der Waals surface area (Å²) in [7, 11) is 1.89. The highest BCUT2D eigenvalue weighted by atomic mass is 79.9. The van der Waals surface area contributed by atoms with Crippen LogP contribution in [-0.4, -0.2) is 9.55 Å². The van der Waals surface area contributed by atoms with Crippen LogP contribution in [0.1, 0.15) is 5.56 Å². The number of hydrogen-bond acceptors (Lipinski definition) is 2. The molecule has 0 fully saturated rings. The molecule has 2 aromatic rings. The van der Waals surface area contributed by atoms with Crippen LogP contribution in [0, 0.1) is 12.7 Å². The molecule has 0 aliphatic rings. The lowest BCUT2D eigenvalue weighted by atomic mass is 10.2. The van der Waals surface area contributed by atoms with E-state index in [1.54, 1.807) is 12.3 Å². The maximum Gasteiger partial charge on any atom is 0.207 e. The third kappa shape index (κ3) is 2.09. The minimum Gasteiger partial charge on any atom is -0.325 e. The number of hydrogen-bond donors (Lipinski definition) is 1. The first-order chi connectivity index (χ1) is 7.58. The van der Waals surface area contributed by atoms with E-state index < -0.39 is 0 Å². The lowest BCUT2D eigenvalue weighted by Gasteiger charge is -2.10. The number of nitrogens with zero attached hydrogens (tertiary/aromatic N) is 2. The van der Waals surface area contributed by atoms with Crippen LogP contribution < -0.4 is 5.32 Å². The van der Waals surface area contributed by atoms with Crippen molar-refractivity contribution in [3.05, 3.63) is 40.4 Å². The fourth-order valence-corrected chi connectivity index (χ4v) is 1.73. The average molecular weight is 284 g/mol. The summed E-state index contributed by atoms with van der Waals surface area (Å²) in [5.74, 6) is 0.462. The lowest BCUT2D eigenvalue weighted by Crippen LogP contribution is -2.00. The zero-order valence-corrected chi connectivity index (χ0v) is 10.5. The number of anilines is 2. The SMILES string of the molecule is Cc1cc(F)c(Br)cc1Nc1nccn1C. The molecule has 1 N–H and O–H groups in total. The van der Waals surface area contributed by atoms with Gasteiger partial charge in [-0.05, 0) is 40.5 Å². The Balaban J connectivity index is 2.35. The molecule has 0 saturated carbocycles. The number of halogens is 2. The van der Waals surface area contributed by atoms with Crippen LogP contribution in [0.15, 0.2) is 29.0 Å². The van der Waals surface area contributed by atoms with Crippen molar-refractivity contribution in [3.63, 3.8) is 0 Å². The van der Waals surface area contributed by atoms with E-state index in [9.17, 15) is 4.39 Å². The molecule has 1 aromatic heterocycles. The standard InChI is InChI=1S/C11H11BrFN3/c1-7-5-9(13)8(12)6-10(7)15-11-14-3-4-16(11)2/h3-6H,1-2H3,(H,14,15). The highest BCUT2D eigenvalue weighted by Crippen LogP contribution is 2.26. The van der Waals surface area contributed by atoms with E-state index in [2.05, 4.69) is 26.2 Å². The number of benzene rings is 1. The third-order valence-corrected chi connectivity index (χ3v) is 2.94. The second-order valence-corrected chi connectivity index (χ2v) is 4.42. The molecular formula is C11H11BrFN3. The van der Waals surface area contributed by atoms with Gasteiger partial charge in [0.2, 0.25) is 5.95 Å². The molecule has 0 bridgehead atoms. The summed E-state index contributed by atoms with van der Waals surface area (Å²) < 4.78 is 15.5. The van der Waals surface area contributed by atoms with E-state index >= 15 is 0 Å². The highest BCUT2D eigenvalue weighted by Gasteiger charge is 2.07. The smallest absolute Gasteiger partial charge is 0.207 e. The molecule has 84 valence electrons. The van der Waals surface area contributed by atoms with Gasteiger partial charge in [0.25, 0.3) is 0 Å². The number of nitrogens with one attached hydrogen (secondary N) is 1. The van der Waals surface area contributed by atoms with Crippen LogP contribution in [0.4, 0.5) is 16.0 Å². The van der Waals surface area contributed by atoms with Crippen LogP contribution in [-0.2, 0) is 7.05 Å². The summed E-state index contributed by atoms with van der Waals surface area (Å²) in [4.78, 5) is 4.15. The number of imidazole rings is 1. The van der Waals surface area contributed by atoms with Gasteiger partial charge in [0.1, 0.15) is 5.82 Å². The van der Waals surface area contributed by atoms with Crippen LogP contribution in [0.2, 0.25) is 0 Å². The average Bonchev–Trinajstić information content (AvgIpc) is 2.61. The molecule has 1 heterocycles. The first-order valence-corrected chi connectivity index (χ1v) is 5.57. The van der Waals surface area contributed by atoms with E-state index in [4.69, 9.17) is 0 Å². The predicted octanol–water partition coefficient (Wildman–Crippen LogP) is 3.37. The second kappa shape index (κ2) is 4.25. The lowest BCUT2D eigenvalue weighted by molar-refractivity contribution is 0.620. The Bertz CT molecular complexity index is 522. The van der Waals surface area contributed by atoms with Gasteiger partial charge in [-0.3, -0.25) is 0 Å². The van der Waals surface area contributed by atoms with Gasteiger partial charge in [-0.15, -0.1) is 0 Å². The summed E-state index contributed by atoms with van der Waals surface area (Å²) in [6.07, 6.45) is 3.55. The zero-order valence-electron chi connectivity index (χ0n) is 8.96. The molecular weight excluding hydrogens is 273 g/mol. The van der Waals surface area contributed by atoms with E-state index in [0.717, 1.165) is 17.2 Å². The normalized spacial score (nSPS) is 10.5. The predicted molar refractivity (Wildman–Crippen MR) is 65.3 cm³/mol. The fraction of sp³-hybridized carbons (Fsp3) is 0.182. The van der Waals surface area contributed by atoms with Gasteiger partial charge in [-0.25, -0.2) is 9.37 Å². The summed E-state index contributed by atoms with van der Waals surface area (Å²) >= 11 is 3.16. The summed E-state index contributed by atoms with van der Waals surface area (Å²) in [6, 6.07) is 3.19. The first-order valence-electron chi connectivity index (χ1n) is 4.78. The number of aromatic nitrogens is 2. The van der Waals surface area contributed by atoms with Gasteiger partial charge in [0, 0.05) is 25.1 Å². The van der Waals surface area contributed by atoms with Crippen LogP contribution in [0.3, 0.4) is 0 Å². The van der Waals surface area contributed by atoms with Gasteiger partial charge in [-0.1, -0.05) is 0 Å². The molecule has 3 nitrogen and oxygen atoms in total. The highest BCUT2D eigenvalue weighted by molar-refractivity contribution is 9.10. The zero-order chi connectivity index (χ0) is 11.7. The van der Waals surface area contributed by atoms with Gasteiger partial charge in [0.05, 0.1) is 4.47 Å². The topological polar surface area (TPSA) is 29.9 Å². The van der Waals surface area contributed by atoms with E-state index in [1.807, 2.05) is 24.7 Å². The van der Waals surface area contributed by atoms with Crippen molar-refractivity contribution in [3.8, 4) is 0 Å². The van der Waals surface area contributed by atoms with Gasteiger partial charge < -0.3 is 9.88 Å². The molecule has 0 unspecified atom stereocenters. The van der Waals surface area contributed by atoms with Crippen molar-refractivity contribution in [1.29, 1.82) is 0 Å². The molecule has 0 saturated heterocycles. The summed E-state index contributed by atoms with van der Waals surface area (Å²) in [6.45, 7) is 1.85. The van der Waals surface area contributed by atoms with Crippen LogP contribution in [0.25, 0.3) is 0 Å². The summed E-state index contributed by atoms with van der Waals surface area (Å²) in [5, 5.41) is 3.14. The monoisotopic (exact) mass is 283 g/mol. The van der Waals surface area contributed by atoms with Crippen molar-refractivity contribution in [2.24, 2.45) is 7.05 Å². The molecule has 5 heteroatoms. The Morgan fingerprint density at radius 1 is 1.44 bits per heavy atom. The van der Waals surface area contributed by atoms with E-state index in [0.29, 0.717) is 4.47 Å². The van der Waals surface area contributed by atoms with Crippen LogP contribution in [0.5, 0.6) is 0 Å².